The molecule has 0 aliphatic carbocycles. The van der Waals surface area contributed by atoms with Crippen molar-refractivity contribution in [3.8, 4) is 16.9 Å². The summed E-state index contributed by atoms with van der Waals surface area (Å²) in [5.74, 6) is 0.207. The Balaban J connectivity index is 2.64. The minimum Gasteiger partial charge on any atom is -0.506 e. The van der Waals surface area contributed by atoms with Crippen molar-refractivity contribution < 1.29 is 5.11 Å². The van der Waals surface area contributed by atoms with Crippen molar-refractivity contribution in [2.75, 3.05) is 0 Å². The van der Waals surface area contributed by atoms with E-state index in [1.807, 2.05) is 31.2 Å². The summed E-state index contributed by atoms with van der Waals surface area (Å²) in [6.07, 6.45) is 3.13. The van der Waals surface area contributed by atoms with Crippen LogP contribution in [0.15, 0.2) is 41.1 Å². The number of aromatic nitrogens is 1. The predicted molar refractivity (Wildman–Crippen MR) is 63.8 cm³/mol. The van der Waals surface area contributed by atoms with Crippen LogP contribution in [0.1, 0.15) is 5.56 Å². The summed E-state index contributed by atoms with van der Waals surface area (Å²) in [6, 6.07) is 7.80. The lowest BCUT2D eigenvalue weighted by atomic mass is 10.0. The van der Waals surface area contributed by atoms with E-state index in [1.165, 1.54) is 6.20 Å². The maximum Gasteiger partial charge on any atom is 0.141 e. The highest BCUT2D eigenvalue weighted by Gasteiger charge is 2.06. The molecule has 0 saturated heterocycles. The summed E-state index contributed by atoms with van der Waals surface area (Å²) >= 11 is 3.42. The molecule has 2 aromatic rings. The van der Waals surface area contributed by atoms with Gasteiger partial charge in [0.2, 0.25) is 0 Å². The molecule has 0 aliphatic rings. The highest BCUT2D eigenvalue weighted by atomic mass is 79.9. The molecule has 0 spiro atoms. The SMILES string of the molecule is Cc1ccc(Br)cc1-c1ccncc1O. The second-order valence-corrected chi connectivity index (χ2v) is 4.27. The van der Waals surface area contributed by atoms with Gasteiger partial charge in [-0.05, 0) is 36.2 Å². The van der Waals surface area contributed by atoms with Crippen LogP contribution >= 0.6 is 15.9 Å². The molecule has 0 radical (unpaired) electrons. The Kier molecular flexibility index (Phi) is 2.73. The zero-order valence-electron chi connectivity index (χ0n) is 8.24. The van der Waals surface area contributed by atoms with Gasteiger partial charge in [-0.3, -0.25) is 4.98 Å². The van der Waals surface area contributed by atoms with Crippen molar-refractivity contribution in [1.29, 1.82) is 0 Å². The molecule has 0 atom stereocenters. The Hall–Kier alpha value is -1.35. The van der Waals surface area contributed by atoms with Crippen molar-refractivity contribution in [3.63, 3.8) is 0 Å². The normalized spacial score (nSPS) is 10.3. The first-order chi connectivity index (χ1) is 7.18. The molecule has 1 aromatic carbocycles. The summed E-state index contributed by atoms with van der Waals surface area (Å²) in [7, 11) is 0. The summed E-state index contributed by atoms with van der Waals surface area (Å²) < 4.78 is 0.999. The topological polar surface area (TPSA) is 33.1 Å². The van der Waals surface area contributed by atoms with E-state index < -0.39 is 0 Å². The lowest BCUT2D eigenvalue weighted by Gasteiger charge is -2.07. The van der Waals surface area contributed by atoms with Gasteiger partial charge in [-0.2, -0.15) is 0 Å². The van der Waals surface area contributed by atoms with Crippen LogP contribution in [-0.2, 0) is 0 Å². The summed E-state index contributed by atoms with van der Waals surface area (Å²) in [6.45, 7) is 2.02. The molecular weight excluding hydrogens is 254 g/mol. The lowest BCUT2D eigenvalue weighted by Crippen LogP contribution is -1.85. The van der Waals surface area contributed by atoms with E-state index in [-0.39, 0.29) is 5.75 Å². The fraction of sp³-hybridized carbons (Fsp3) is 0.0833. The zero-order chi connectivity index (χ0) is 10.8. The van der Waals surface area contributed by atoms with Gasteiger partial charge in [0, 0.05) is 16.2 Å². The highest BCUT2D eigenvalue weighted by Crippen LogP contribution is 2.32. The second kappa shape index (κ2) is 4.03. The maximum absolute atomic E-state index is 9.70. The van der Waals surface area contributed by atoms with Crippen LogP contribution in [-0.4, -0.2) is 10.1 Å². The lowest BCUT2D eigenvalue weighted by molar-refractivity contribution is 0.474. The van der Waals surface area contributed by atoms with Crippen molar-refractivity contribution in [2.24, 2.45) is 0 Å². The fourth-order valence-electron chi connectivity index (χ4n) is 1.50. The number of aromatic hydroxyl groups is 1. The molecule has 15 heavy (non-hydrogen) atoms. The summed E-state index contributed by atoms with van der Waals surface area (Å²) in [5.41, 5.74) is 2.95. The number of pyridine rings is 1. The van der Waals surface area contributed by atoms with Gasteiger partial charge >= 0.3 is 0 Å². The summed E-state index contributed by atoms with van der Waals surface area (Å²) in [5, 5.41) is 9.70. The Bertz CT molecular complexity index is 497. The van der Waals surface area contributed by atoms with Crippen LogP contribution in [0.2, 0.25) is 0 Å². The number of halogens is 1. The van der Waals surface area contributed by atoms with Gasteiger partial charge in [0.05, 0.1) is 6.20 Å². The van der Waals surface area contributed by atoms with Crippen LogP contribution in [0.4, 0.5) is 0 Å². The molecule has 2 nitrogen and oxygen atoms in total. The van der Waals surface area contributed by atoms with E-state index >= 15 is 0 Å². The largest absolute Gasteiger partial charge is 0.506 e. The van der Waals surface area contributed by atoms with Crippen molar-refractivity contribution in [1.82, 2.24) is 4.98 Å². The molecule has 2 rings (SSSR count). The smallest absolute Gasteiger partial charge is 0.141 e. The van der Waals surface area contributed by atoms with E-state index in [9.17, 15) is 5.11 Å². The number of aryl methyl sites for hydroxylation is 1. The number of benzene rings is 1. The molecule has 1 heterocycles. The van der Waals surface area contributed by atoms with E-state index in [0.29, 0.717) is 0 Å². The Morgan fingerprint density at radius 2 is 2.00 bits per heavy atom. The summed E-state index contributed by atoms with van der Waals surface area (Å²) in [4.78, 5) is 3.86. The van der Waals surface area contributed by atoms with E-state index in [1.54, 1.807) is 6.20 Å². The minimum absolute atomic E-state index is 0.207. The van der Waals surface area contributed by atoms with Gasteiger partial charge in [0.1, 0.15) is 5.75 Å². The first-order valence-corrected chi connectivity index (χ1v) is 5.37. The maximum atomic E-state index is 9.70. The van der Waals surface area contributed by atoms with Crippen LogP contribution < -0.4 is 0 Å². The second-order valence-electron chi connectivity index (χ2n) is 3.35. The van der Waals surface area contributed by atoms with E-state index in [0.717, 1.165) is 21.2 Å². The molecule has 0 aliphatic heterocycles. The minimum atomic E-state index is 0.207. The molecule has 0 bridgehead atoms. The Morgan fingerprint density at radius 3 is 2.73 bits per heavy atom. The number of rotatable bonds is 1. The molecule has 0 fully saturated rings. The fourth-order valence-corrected chi connectivity index (χ4v) is 1.86. The molecule has 0 unspecified atom stereocenters. The van der Waals surface area contributed by atoms with E-state index in [2.05, 4.69) is 20.9 Å². The molecular formula is C12H10BrNO. The monoisotopic (exact) mass is 263 g/mol. The Morgan fingerprint density at radius 1 is 1.20 bits per heavy atom. The standard InChI is InChI=1S/C12H10BrNO/c1-8-2-3-9(13)6-11(8)10-4-5-14-7-12(10)15/h2-7,15H,1H3. The predicted octanol–water partition coefficient (Wildman–Crippen LogP) is 3.53. The van der Waals surface area contributed by atoms with Crippen molar-refractivity contribution >= 4 is 15.9 Å². The van der Waals surface area contributed by atoms with Gasteiger partial charge in [0.25, 0.3) is 0 Å². The number of hydrogen-bond donors (Lipinski definition) is 1. The van der Waals surface area contributed by atoms with Crippen molar-refractivity contribution in [2.45, 2.75) is 6.92 Å². The molecule has 0 saturated carbocycles. The molecule has 76 valence electrons. The molecule has 0 amide bonds. The van der Waals surface area contributed by atoms with Gasteiger partial charge in [0.15, 0.2) is 0 Å². The molecule has 1 aromatic heterocycles. The van der Waals surface area contributed by atoms with Gasteiger partial charge in [-0.1, -0.05) is 22.0 Å². The molecule has 1 N–H and O–H groups in total. The van der Waals surface area contributed by atoms with Gasteiger partial charge < -0.3 is 5.11 Å². The van der Waals surface area contributed by atoms with Gasteiger partial charge in [-0.15, -0.1) is 0 Å². The molecule has 3 heteroatoms. The zero-order valence-corrected chi connectivity index (χ0v) is 9.82. The van der Waals surface area contributed by atoms with Crippen LogP contribution in [0.3, 0.4) is 0 Å². The van der Waals surface area contributed by atoms with Gasteiger partial charge in [-0.25, -0.2) is 0 Å². The van der Waals surface area contributed by atoms with Crippen LogP contribution in [0.25, 0.3) is 11.1 Å². The average molecular weight is 264 g/mol. The third-order valence-corrected chi connectivity index (χ3v) is 2.78. The first-order valence-electron chi connectivity index (χ1n) is 4.58. The number of hydrogen-bond acceptors (Lipinski definition) is 2. The highest BCUT2D eigenvalue weighted by molar-refractivity contribution is 9.10. The third-order valence-electron chi connectivity index (χ3n) is 2.29. The average Bonchev–Trinajstić information content (AvgIpc) is 2.23. The number of nitrogens with zero attached hydrogens (tertiary/aromatic N) is 1. The van der Waals surface area contributed by atoms with Crippen LogP contribution in [0, 0.1) is 6.92 Å². The van der Waals surface area contributed by atoms with Crippen molar-refractivity contribution in [3.05, 3.63) is 46.7 Å². The quantitative estimate of drug-likeness (QED) is 0.854. The third kappa shape index (κ3) is 2.02. The van der Waals surface area contributed by atoms with Crippen LogP contribution in [0.5, 0.6) is 5.75 Å². The Labute approximate surface area is 96.7 Å². The first kappa shape index (κ1) is 10.2. The van der Waals surface area contributed by atoms with E-state index in [4.69, 9.17) is 0 Å².